The van der Waals surface area contributed by atoms with Crippen LogP contribution in [0.2, 0.25) is 5.02 Å². The van der Waals surface area contributed by atoms with Crippen LogP contribution in [0.4, 0.5) is 32.0 Å². The second-order valence-electron chi connectivity index (χ2n) is 7.55. The fourth-order valence-electron chi connectivity index (χ4n) is 3.36. The van der Waals surface area contributed by atoms with E-state index in [-0.39, 0.29) is 33.9 Å². The molecule has 14 heteroatoms. The zero-order valence-electron chi connectivity index (χ0n) is 18.0. The average molecular weight is 530 g/mol. The summed E-state index contributed by atoms with van der Waals surface area (Å²) in [5.41, 5.74) is -3.04. The third kappa shape index (κ3) is 5.20. The molecule has 7 nitrogen and oxygen atoms in total. The summed E-state index contributed by atoms with van der Waals surface area (Å²) in [5.74, 6) is -0.577. The molecule has 36 heavy (non-hydrogen) atoms. The Morgan fingerprint density at radius 2 is 1.86 bits per heavy atom. The van der Waals surface area contributed by atoms with Crippen molar-refractivity contribution < 1.29 is 35.7 Å². The number of rotatable bonds is 5. The van der Waals surface area contributed by atoms with E-state index in [0.717, 1.165) is 10.7 Å². The van der Waals surface area contributed by atoms with Crippen LogP contribution in [0, 0.1) is 0 Å². The molecule has 1 atom stereocenters. The molecule has 0 fully saturated rings. The Hall–Kier alpha value is -3.87. The van der Waals surface area contributed by atoms with E-state index in [1.165, 1.54) is 31.6 Å². The van der Waals surface area contributed by atoms with Crippen LogP contribution in [0.15, 0.2) is 59.5 Å². The van der Waals surface area contributed by atoms with Crippen molar-refractivity contribution in [1.82, 2.24) is 19.9 Å². The zero-order valence-corrected chi connectivity index (χ0v) is 18.8. The molecule has 0 aliphatic rings. The normalized spacial score (nSPS) is 13.0. The molecule has 1 N–H and O–H groups in total. The Bertz CT molecular complexity index is 1410. The van der Waals surface area contributed by atoms with E-state index < -0.39 is 41.0 Å². The second kappa shape index (κ2) is 9.30. The molecule has 0 saturated carbocycles. The van der Waals surface area contributed by atoms with Crippen molar-refractivity contribution in [1.29, 1.82) is 0 Å². The van der Waals surface area contributed by atoms with Gasteiger partial charge in [-0.1, -0.05) is 22.8 Å². The summed E-state index contributed by atoms with van der Waals surface area (Å²) in [4.78, 5) is 16.6. The highest BCUT2D eigenvalue weighted by molar-refractivity contribution is 6.32. The third-order valence-corrected chi connectivity index (χ3v) is 5.43. The molecule has 188 valence electrons. The average Bonchev–Trinajstić information content (AvgIpc) is 3.47. The van der Waals surface area contributed by atoms with Gasteiger partial charge in [-0.05, 0) is 36.8 Å². The molecule has 0 aliphatic heterocycles. The Balaban J connectivity index is 1.54. The highest BCUT2D eigenvalue weighted by Crippen LogP contribution is 2.40. The second-order valence-corrected chi connectivity index (χ2v) is 7.95. The van der Waals surface area contributed by atoms with Gasteiger partial charge in [0.1, 0.15) is 5.69 Å². The van der Waals surface area contributed by atoms with Gasteiger partial charge in [-0.3, -0.25) is 14.5 Å². The molecule has 4 aromatic rings. The number of aromatic nitrogens is 4. The van der Waals surface area contributed by atoms with Crippen LogP contribution in [0.1, 0.15) is 40.1 Å². The first-order valence-electron chi connectivity index (χ1n) is 10.1. The first kappa shape index (κ1) is 25.2. The van der Waals surface area contributed by atoms with Crippen molar-refractivity contribution in [3.05, 3.63) is 82.4 Å². The predicted octanol–water partition coefficient (Wildman–Crippen LogP) is 6.49. The molecule has 0 unspecified atom stereocenters. The van der Waals surface area contributed by atoms with E-state index >= 15 is 0 Å². The molecule has 0 aliphatic carbocycles. The number of nitrogens with one attached hydrogen (secondary N) is 1. The zero-order chi connectivity index (χ0) is 26.3. The summed E-state index contributed by atoms with van der Waals surface area (Å²) in [6.07, 6.45) is -6.09. The van der Waals surface area contributed by atoms with Crippen LogP contribution in [-0.4, -0.2) is 25.8 Å². The molecule has 1 aromatic carbocycles. The number of benzene rings is 1. The minimum atomic E-state index is -5.03. The number of halogens is 7. The molecule has 0 radical (unpaired) electrons. The van der Waals surface area contributed by atoms with Gasteiger partial charge < -0.3 is 9.84 Å². The van der Waals surface area contributed by atoms with Crippen LogP contribution in [0.5, 0.6) is 0 Å². The standard InChI is InChI=1S/C22H14ClF6N5O2/c1-11(14-5-4-12(21(24,25)26)7-15(14)22(27,28)29)34-10-13(9-31-34)32-20(35)17-8-18(36-33-17)19-16(23)3-2-6-30-19/h2-11H,1H3,(H,32,35)/t11-/m0/s1. The highest BCUT2D eigenvalue weighted by Gasteiger charge is 2.39. The number of alkyl halides is 6. The molecule has 3 aromatic heterocycles. The molecule has 0 bridgehead atoms. The van der Waals surface area contributed by atoms with E-state index in [1.54, 1.807) is 12.1 Å². The maximum absolute atomic E-state index is 13.5. The van der Waals surface area contributed by atoms with Crippen molar-refractivity contribution >= 4 is 23.2 Å². The smallest absolute Gasteiger partial charge is 0.354 e. The number of amides is 1. The summed E-state index contributed by atoms with van der Waals surface area (Å²) in [7, 11) is 0. The van der Waals surface area contributed by atoms with Gasteiger partial charge in [0.15, 0.2) is 11.5 Å². The summed E-state index contributed by atoms with van der Waals surface area (Å²) < 4.78 is 85.6. The monoisotopic (exact) mass is 529 g/mol. The molecule has 3 heterocycles. The summed E-state index contributed by atoms with van der Waals surface area (Å²) >= 11 is 6.04. The lowest BCUT2D eigenvalue weighted by atomic mass is 9.98. The molecular weight excluding hydrogens is 516 g/mol. The van der Waals surface area contributed by atoms with Gasteiger partial charge in [-0.25, -0.2) is 0 Å². The SMILES string of the molecule is C[C@@H](c1ccc(C(F)(F)F)cc1C(F)(F)F)n1cc(NC(=O)c2cc(-c3ncccc3Cl)on2)cn1. The van der Waals surface area contributed by atoms with E-state index in [4.69, 9.17) is 16.1 Å². The predicted molar refractivity (Wildman–Crippen MR) is 115 cm³/mol. The van der Waals surface area contributed by atoms with E-state index in [9.17, 15) is 31.1 Å². The summed E-state index contributed by atoms with van der Waals surface area (Å²) in [6.45, 7) is 1.33. The number of nitrogens with zero attached hydrogens (tertiary/aromatic N) is 4. The Morgan fingerprint density at radius 3 is 2.53 bits per heavy atom. The highest BCUT2D eigenvalue weighted by atomic mass is 35.5. The lowest BCUT2D eigenvalue weighted by molar-refractivity contribution is -0.143. The van der Waals surface area contributed by atoms with E-state index in [2.05, 4.69) is 20.6 Å². The first-order valence-corrected chi connectivity index (χ1v) is 10.4. The van der Waals surface area contributed by atoms with Crippen LogP contribution in [0.25, 0.3) is 11.5 Å². The first-order chi connectivity index (χ1) is 16.8. The molecule has 0 spiro atoms. The van der Waals surface area contributed by atoms with Crippen LogP contribution in [0.3, 0.4) is 0 Å². The third-order valence-electron chi connectivity index (χ3n) is 5.13. The molecule has 1 amide bonds. The van der Waals surface area contributed by atoms with Crippen molar-refractivity contribution in [3.8, 4) is 11.5 Å². The molecular formula is C22H14ClF6N5O2. The van der Waals surface area contributed by atoms with E-state index in [1.807, 2.05) is 0 Å². The van der Waals surface area contributed by atoms with Crippen LogP contribution in [-0.2, 0) is 12.4 Å². The summed E-state index contributed by atoms with van der Waals surface area (Å²) in [6, 6.07) is 4.76. The Labute approximate surface area is 203 Å². The van der Waals surface area contributed by atoms with Gasteiger partial charge in [0, 0.05) is 18.5 Å². The topological polar surface area (TPSA) is 85.8 Å². The maximum atomic E-state index is 13.5. The number of carbonyl (C=O) groups is 1. The van der Waals surface area contributed by atoms with Gasteiger partial charge in [-0.15, -0.1) is 0 Å². The fraction of sp³-hybridized carbons (Fsp3) is 0.182. The number of hydrogen-bond donors (Lipinski definition) is 1. The largest absolute Gasteiger partial charge is 0.416 e. The lowest BCUT2D eigenvalue weighted by Gasteiger charge is -2.20. The minimum Gasteiger partial charge on any atom is -0.354 e. The van der Waals surface area contributed by atoms with Crippen molar-refractivity contribution in [2.45, 2.75) is 25.3 Å². The van der Waals surface area contributed by atoms with Gasteiger partial charge in [0.2, 0.25) is 0 Å². The minimum absolute atomic E-state index is 0.0635. The Morgan fingerprint density at radius 1 is 1.11 bits per heavy atom. The number of anilines is 1. The van der Waals surface area contributed by atoms with Gasteiger partial charge in [0.05, 0.1) is 34.1 Å². The van der Waals surface area contributed by atoms with Gasteiger partial charge in [0.25, 0.3) is 5.91 Å². The quantitative estimate of drug-likeness (QED) is 0.299. The molecule has 0 saturated heterocycles. The van der Waals surface area contributed by atoms with Gasteiger partial charge in [-0.2, -0.15) is 31.4 Å². The van der Waals surface area contributed by atoms with Crippen LogP contribution < -0.4 is 5.32 Å². The molecule has 4 rings (SSSR count). The number of hydrogen-bond acceptors (Lipinski definition) is 5. The number of pyridine rings is 1. The van der Waals surface area contributed by atoms with Crippen LogP contribution >= 0.6 is 11.6 Å². The van der Waals surface area contributed by atoms with Crippen molar-refractivity contribution in [2.24, 2.45) is 0 Å². The maximum Gasteiger partial charge on any atom is 0.416 e. The summed E-state index contributed by atoms with van der Waals surface area (Å²) in [5, 5.41) is 10.3. The Kier molecular flexibility index (Phi) is 6.52. The van der Waals surface area contributed by atoms with E-state index in [0.29, 0.717) is 6.07 Å². The lowest BCUT2D eigenvalue weighted by Crippen LogP contribution is -2.17. The van der Waals surface area contributed by atoms with Crippen molar-refractivity contribution in [3.63, 3.8) is 0 Å². The fourth-order valence-corrected chi connectivity index (χ4v) is 3.57. The van der Waals surface area contributed by atoms with Crippen molar-refractivity contribution in [2.75, 3.05) is 5.32 Å². The number of carbonyl (C=O) groups excluding carboxylic acids is 1. The van der Waals surface area contributed by atoms with Gasteiger partial charge >= 0.3 is 12.4 Å².